The van der Waals surface area contributed by atoms with Gasteiger partial charge in [0.15, 0.2) is 0 Å². The summed E-state index contributed by atoms with van der Waals surface area (Å²) in [6.07, 6.45) is -2.51. The lowest BCUT2D eigenvalue weighted by Crippen LogP contribution is -2.52. The van der Waals surface area contributed by atoms with E-state index in [0.29, 0.717) is 25.7 Å². The van der Waals surface area contributed by atoms with E-state index in [1.807, 2.05) is 0 Å². The Kier molecular flexibility index (Phi) is 4.89. The van der Waals surface area contributed by atoms with Crippen molar-refractivity contribution in [3.8, 4) is 0 Å². The van der Waals surface area contributed by atoms with Gasteiger partial charge in [-0.15, -0.1) is 0 Å². The first-order chi connectivity index (χ1) is 9.31. The van der Waals surface area contributed by atoms with E-state index in [0.717, 1.165) is 11.5 Å². The number of hydrogen-bond acceptors (Lipinski definition) is 3. The van der Waals surface area contributed by atoms with Crippen molar-refractivity contribution in [3.63, 3.8) is 0 Å². The summed E-state index contributed by atoms with van der Waals surface area (Å²) in [5.41, 5.74) is -1.33. The van der Waals surface area contributed by atoms with Crippen LogP contribution in [0.25, 0.3) is 0 Å². The van der Waals surface area contributed by atoms with Crippen LogP contribution in [-0.2, 0) is 4.79 Å². The molecule has 2 rings (SSSR count). The quantitative estimate of drug-likeness (QED) is 0.824. The van der Waals surface area contributed by atoms with Crippen LogP contribution in [0.2, 0.25) is 0 Å². The SMILES string of the molecule is O=C(NC1CCC(C(F)(F)F)CC1)C1(O)CCSCC1. The number of carbonyl (C=O) groups excluding carboxylic acids is 1. The Morgan fingerprint density at radius 2 is 1.70 bits per heavy atom. The van der Waals surface area contributed by atoms with Gasteiger partial charge in [-0.3, -0.25) is 4.79 Å². The molecule has 2 aliphatic rings. The molecule has 20 heavy (non-hydrogen) atoms. The monoisotopic (exact) mass is 311 g/mol. The predicted octanol–water partition coefficient (Wildman–Crippen LogP) is 2.48. The number of alkyl halides is 3. The van der Waals surface area contributed by atoms with E-state index in [1.165, 1.54) is 0 Å². The Morgan fingerprint density at radius 1 is 1.15 bits per heavy atom. The normalized spacial score (nSPS) is 30.8. The Labute approximate surface area is 120 Å². The van der Waals surface area contributed by atoms with Gasteiger partial charge in [-0.05, 0) is 50.0 Å². The number of rotatable bonds is 2. The minimum atomic E-state index is -4.13. The molecule has 0 unspecified atom stereocenters. The number of hydrogen-bond donors (Lipinski definition) is 2. The molecule has 0 aromatic carbocycles. The van der Waals surface area contributed by atoms with Crippen LogP contribution in [0.1, 0.15) is 38.5 Å². The van der Waals surface area contributed by atoms with E-state index in [4.69, 9.17) is 0 Å². The fraction of sp³-hybridized carbons (Fsp3) is 0.923. The highest BCUT2D eigenvalue weighted by atomic mass is 32.2. The van der Waals surface area contributed by atoms with Gasteiger partial charge in [-0.1, -0.05) is 0 Å². The molecule has 2 N–H and O–H groups in total. The molecule has 0 radical (unpaired) electrons. The Balaban J connectivity index is 1.82. The van der Waals surface area contributed by atoms with Crippen molar-refractivity contribution in [2.75, 3.05) is 11.5 Å². The standard InChI is InChI=1S/C13H20F3NO2S/c14-13(15,16)9-1-3-10(4-2-9)17-11(18)12(19)5-7-20-8-6-12/h9-10,19H,1-8H2,(H,17,18). The third-order valence-corrected chi connectivity index (χ3v) is 5.25. The highest BCUT2D eigenvalue weighted by molar-refractivity contribution is 7.99. The molecule has 1 saturated heterocycles. The van der Waals surface area contributed by atoms with Gasteiger partial charge >= 0.3 is 6.18 Å². The Bertz CT molecular complexity index is 348. The van der Waals surface area contributed by atoms with Gasteiger partial charge in [-0.25, -0.2) is 0 Å². The van der Waals surface area contributed by atoms with Gasteiger partial charge < -0.3 is 10.4 Å². The zero-order valence-electron chi connectivity index (χ0n) is 11.2. The van der Waals surface area contributed by atoms with Gasteiger partial charge in [0.1, 0.15) is 5.60 Å². The number of amides is 1. The summed E-state index contributed by atoms with van der Waals surface area (Å²) in [6.45, 7) is 0. The van der Waals surface area contributed by atoms with Crippen LogP contribution in [0.3, 0.4) is 0 Å². The molecule has 3 nitrogen and oxygen atoms in total. The molecule has 0 bridgehead atoms. The lowest BCUT2D eigenvalue weighted by Gasteiger charge is -2.35. The first-order valence-electron chi connectivity index (χ1n) is 6.99. The molecule has 1 aliphatic heterocycles. The highest BCUT2D eigenvalue weighted by Gasteiger charge is 2.43. The van der Waals surface area contributed by atoms with E-state index in [2.05, 4.69) is 5.32 Å². The van der Waals surface area contributed by atoms with E-state index in [1.54, 1.807) is 11.8 Å². The van der Waals surface area contributed by atoms with Crippen LogP contribution >= 0.6 is 11.8 Å². The maximum Gasteiger partial charge on any atom is 0.391 e. The van der Waals surface area contributed by atoms with Gasteiger partial charge in [0.05, 0.1) is 5.92 Å². The maximum absolute atomic E-state index is 12.6. The number of carbonyl (C=O) groups is 1. The van der Waals surface area contributed by atoms with Gasteiger partial charge in [0, 0.05) is 6.04 Å². The van der Waals surface area contributed by atoms with E-state index >= 15 is 0 Å². The van der Waals surface area contributed by atoms with Crippen LogP contribution in [0.4, 0.5) is 13.2 Å². The molecule has 0 aromatic rings. The van der Waals surface area contributed by atoms with Crippen LogP contribution in [-0.4, -0.2) is 40.3 Å². The summed E-state index contributed by atoms with van der Waals surface area (Å²) in [7, 11) is 0. The van der Waals surface area contributed by atoms with Crippen molar-refractivity contribution in [3.05, 3.63) is 0 Å². The van der Waals surface area contributed by atoms with Crippen molar-refractivity contribution in [1.29, 1.82) is 0 Å². The van der Waals surface area contributed by atoms with E-state index in [9.17, 15) is 23.1 Å². The average molecular weight is 311 g/mol. The fourth-order valence-corrected chi connectivity index (χ4v) is 3.99. The molecule has 1 saturated carbocycles. The number of halogens is 3. The summed E-state index contributed by atoms with van der Waals surface area (Å²) in [4.78, 5) is 12.1. The Hall–Kier alpha value is -0.430. The van der Waals surface area contributed by atoms with Crippen LogP contribution in [0, 0.1) is 5.92 Å². The van der Waals surface area contributed by atoms with Crippen LogP contribution in [0.15, 0.2) is 0 Å². The summed E-state index contributed by atoms with van der Waals surface area (Å²) in [6, 6.07) is -0.236. The Morgan fingerprint density at radius 3 is 2.20 bits per heavy atom. The summed E-state index contributed by atoms with van der Waals surface area (Å²) in [5.74, 6) is -0.173. The van der Waals surface area contributed by atoms with Gasteiger partial charge in [-0.2, -0.15) is 24.9 Å². The van der Waals surface area contributed by atoms with E-state index in [-0.39, 0.29) is 18.9 Å². The second kappa shape index (κ2) is 6.13. The van der Waals surface area contributed by atoms with Crippen LogP contribution < -0.4 is 5.32 Å². The third kappa shape index (κ3) is 3.81. The third-order valence-electron chi connectivity index (χ3n) is 4.27. The molecule has 116 valence electrons. The molecule has 2 fully saturated rings. The summed E-state index contributed by atoms with van der Waals surface area (Å²) >= 11 is 1.70. The fourth-order valence-electron chi connectivity index (χ4n) is 2.82. The molecular weight excluding hydrogens is 291 g/mol. The van der Waals surface area contributed by atoms with Gasteiger partial charge in [0.2, 0.25) is 0 Å². The second-order valence-electron chi connectivity index (χ2n) is 5.71. The summed E-state index contributed by atoms with van der Waals surface area (Å²) < 4.78 is 37.7. The predicted molar refractivity (Wildman–Crippen MR) is 71.5 cm³/mol. The molecule has 0 aromatic heterocycles. The lowest BCUT2D eigenvalue weighted by atomic mass is 9.85. The van der Waals surface area contributed by atoms with Crippen molar-refractivity contribution in [2.24, 2.45) is 5.92 Å². The van der Waals surface area contributed by atoms with Crippen molar-refractivity contribution in [2.45, 2.75) is 56.3 Å². The topological polar surface area (TPSA) is 49.3 Å². The van der Waals surface area contributed by atoms with Crippen molar-refractivity contribution < 1.29 is 23.1 Å². The zero-order chi connectivity index (χ0) is 14.8. The maximum atomic E-state index is 12.6. The summed E-state index contributed by atoms with van der Waals surface area (Å²) in [5, 5.41) is 13.0. The molecule has 0 spiro atoms. The highest BCUT2D eigenvalue weighted by Crippen LogP contribution is 2.37. The molecule has 1 amide bonds. The number of thioether (sulfide) groups is 1. The number of aliphatic hydroxyl groups is 1. The van der Waals surface area contributed by atoms with Crippen LogP contribution in [0.5, 0.6) is 0 Å². The molecule has 0 atom stereocenters. The van der Waals surface area contributed by atoms with Crippen molar-refractivity contribution in [1.82, 2.24) is 5.32 Å². The minimum Gasteiger partial charge on any atom is -0.380 e. The second-order valence-corrected chi connectivity index (χ2v) is 6.93. The van der Waals surface area contributed by atoms with Crippen molar-refractivity contribution >= 4 is 17.7 Å². The van der Waals surface area contributed by atoms with E-state index < -0.39 is 23.6 Å². The molecule has 1 aliphatic carbocycles. The molecular formula is C13H20F3NO2S. The first-order valence-corrected chi connectivity index (χ1v) is 8.14. The first kappa shape index (κ1) is 15.9. The average Bonchev–Trinajstić information content (AvgIpc) is 2.39. The van der Waals surface area contributed by atoms with Gasteiger partial charge in [0.25, 0.3) is 5.91 Å². The number of nitrogens with one attached hydrogen (secondary N) is 1. The lowest BCUT2D eigenvalue weighted by molar-refractivity contribution is -0.183. The molecule has 7 heteroatoms. The largest absolute Gasteiger partial charge is 0.391 e. The zero-order valence-corrected chi connectivity index (χ0v) is 12.0. The molecule has 1 heterocycles. The minimum absolute atomic E-state index is 0.0583. The smallest absolute Gasteiger partial charge is 0.380 e.